The van der Waals surface area contributed by atoms with E-state index in [0.717, 1.165) is 0 Å². The highest BCUT2D eigenvalue weighted by atomic mass is 16.4. The number of carbonyl (C=O) groups is 6. The van der Waals surface area contributed by atoms with Crippen molar-refractivity contribution in [3.8, 4) is 0 Å². The maximum absolute atomic E-state index is 13.0. The summed E-state index contributed by atoms with van der Waals surface area (Å²) in [5.74, 6) is -5.06. The van der Waals surface area contributed by atoms with Gasteiger partial charge in [0.1, 0.15) is 18.1 Å². The lowest BCUT2D eigenvalue weighted by atomic mass is 10.1. The minimum absolute atomic E-state index is 0.0784. The van der Waals surface area contributed by atoms with Gasteiger partial charge in [-0.3, -0.25) is 24.0 Å². The van der Waals surface area contributed by atoms with E-state index >= 15 is 0 Å². The molecule has 1 fully saturated rings. The van der Waals surface area contributed by atoms with Crippen LogP contribution in [0.15, 0.2) is 0 Å². The normalized spacial score (nSPS) is 17.8. The first kappa shape index (κ1) is 29.8. The van der Waals surface area contributed by atoms with Gasteiger partial charge >= 0.3 is 11.9 Å². The van der Waals surface area contributed by atoms with Gasteiger partial charge in [0, 0.05) is 19.4 Å². The van der Waals surface area contributed by atoms with Crippen LogP contribution in [0.3, 0.4) is 0 Å². The highest BCUT2D eigenvalue weighted by molar-refractivity contribution is 5.94. The fourth-order valence-corrected chi connectivity index (χ4v) is 3.76. The third-order valence-electron chi connectivity index (χ3n) is 5.70. The zero-order valence-electron chi connectivity index (χ0n) is 19.6. The van der Waals surface area contributed by atoms with Crippen LogP contribution in [0.25, 0.3) is 0 Å². The van der Waals surface area contributed by atoms with Gasteiger partial charge in [-0.1, -0.05) is 0 Å². The van der Waals surface area contributed by atoms with Crippen molar-refractivity contribution < 1.29 is 39.0 Å². The summed E-state index contributed by atoms with van der Waals surface area (Å²) in [5, 5.41) is 23.1. The average Bonchev–Trinajstić information content (AvgIpc) is 3.28. The highest BCUT2D eigenvalue weighted by Crippen LogP contribution is 2.20. The lowest BCUT2D eigenvalue weighted by molar-refractivity contribution is -0.143. The van der Waals surface area contributed by atoms with Crippen LogP contribution in [0.4, 0.5) is 0 Å². The maximum Gasteiger partial charge on any atom is 0.326 e. The minimum Gasteiger partial charge on any atom is -0.481 e. The summed E-state index contributed by atoms with van der Waals surface area (Å²) in [6.45, 7) is 0.619. The van der Waals surface area contributed by atoms with Crippen molar-refractivity contribution in [1.29, 1.82) is 0 Å². The van der Waals surface area contributed by atoms with Gasteiger partial charge in [0.05, 0.1) is 6.04 Å². The van der Waals surface area contributed by atoms with Crippen molar-refractivity contribution >= 4 is 35.6 Å². The van der Waals surface area contributed by atoms with E-state index < -0.39 is 59.7 Å². The molecule has 1 aliphatic rings. The second kappa shape index (κ2) is 14.9. The molecule has 0 aromatic heterocycles. The van der Waals surface area contributed by atoms with Crippen LogP contribution in [0.2, 0.25) is 0 Å². The predicted octanol–water partition coefficient (Wildman–Crippen LogP) is -2.38. The minimum atomic E-state index is -1.37. The molecular weight excluding hydrogens is 464 g/mol. The Morgan fingerprint density at radius 3 is 2.20 bits per heavy atom. The Labute approximate surface area is 202 Å². The number of carbonyl (C=O) groups excluding carboxylic acids is 4. The summed E-state index contributed by atoms with van der Waals surface area (Å²) in [5.41, 5.74) is 16.4. The number of nitrogens with zero attached hydrogens (tertiary/aromatic N) is 1. The monoisotopic (exact) mass is 500 g/mol. The van der Waals surface area contributed by atoms with E-state index in [-0.39, 0.29) is 38.6 Å². The number of amides is 4. The molecule has 0 aromatic rings. The van der Waals surface area contributed by atoms with Crippen molar-refractivity contribution in [1.82, 2.24) is 15.5 Å². The fourth-order valence-electron chi connectivity index (χ4n) is 3.76. The molecule has 1 rings (SSSR count). The van der Waals surface area contributed by atoms with Crippen LogP contribution in [0.5, 0.6) is 0 Å². The van der Waals surface area contributed by atoms with Gasteiger partial charge in [0.25, 0.3) is 0 Å². The number of nitrogens with two attached hydrogens (primary N) is 3. The van der Waals surface area contributed by atoms with Crippen LogP contribution in [0, 0.1) is 0 Å². The largest absolute Gasteiger partial charge is 0.481 e. The molecule has 1 saturated heterocycles. The van der Waals surface area contributed by atoms with Crippen molar-refractivity contribution in [2.45, 2.75) is 82.0 Å². The Bertz CT molecular complexity index is 792. The number of carboxylic acids is 2. The van der Waals surface area contributed by atoms with Gasteiger partial charge in [-0.05, 0) is 51.5 Å². The van der Waals surface area contributed by atoms with E-state index in [2.05, 4.69) is 10.6 Å². The van der Waals surface area contributed by atoms with Gasteiger partial charge in [-0.15, -0.1) is 0 Å². The second-order valence-corrected chi connectivity index (χ2v) is 8.48. The number of primary amides is 1. The zero-order valence-corrected chi connectivity index (χ0v) is 19.6. The molecule has 10 N–H and O–H groups in total. The Morgan fingerprint density at radius 1 is 0.943 bits per heavy atom. The van der Waals surface area contributed by atoms with Gasteiger partial charge in [0.2, 0.25) is 23.6 Å². The molecule has 14 nitrogen and oxygen atoms in total. The van der Waals surface area contributed by atoms with E-state index in [1.54, 1.807) is 0 Å². The molecule has 35 heavy (non-hydrogen) atoms. The molecule has 4 atom stereocenters. The quantitative estimate of drug-likeness (QED) is 0.111. The molecular formula is C21H36N6O8. The van der Waals surface area contributed by atoms with Crippen molar-refractivity contribution in [2.75, 3.05) is 13.1 Å². The van der Waals surface area contributed by atoms with Gasteiger partial charge in [-0.2, -0.15) is 0 Å². The van der Waals surface area contributed by atoms with Gasteiger partial charge in [-0.25, -0.2) is 4.79 Å². The third-order valence-corrected chi connectivity index (χ3v) is 5.70. The van der Waals surface area contributed by atoms with E-state index in [9.17, 15) is 33.9 Å². The van der Waals surface area contributed by atoms with Gasteiger partial charge in [0.15, 0.2) is 0 Å². The first-order valence-electron chi connectivity index (χ1n) is 11.6. The zero-order chi connectivity index (χ0) is 26.5. The standard InChI is InChI=1S/C21H36N6O8/c22-10-2-1-4-13(18(31)26-14(21(34)35)7-8-16(24)28)25-19(32)15-5-3-11-27(15)20(33)12(23)6-9-17(29)30/h12-15H,1-11,22-23H2,(H2,24,28)(H,25,32)(H,26,31)(H,29,30)(H,34,35). The number of nitrogens with one attached hydrogen (secondary N) is 2. The maximum atomic E-state index is 13.0. The summed E-state index contributed by atoms with van der Waals surface area (Å²) >= 11 is 0. The number of unbranched alkanes of at least 4 members (excludes halogenated alkanes) is 1. The molecule has 1 aliphatic heterocycles. The van der Waals surface area contributed by atoms with Crippen molar-refractivity contribution in [3.05, 3.63) is 0 Å². The molecule has 14 heteroatoms. The van der Waals surface area contributed by atoms with Crippen LogP contribution in [-0.2, 0) is 28.8 Å². The molecule has 1 heterocycles. The Hall–Kier alpha value is -3.26. The lowest BCUT2D eigenvalue weighted by Gasteiger charge is -2.28. The Morgan fingerprint density at radius 2 is 1.63 bits per heavy atom. The number of carboxylic acid groups (broad SMARTS) is 2. The Kier molecular flexibility index (Phi) is 12.7. The van der Waals surface area contributed by atoms with E-state index in [1.165, 1.54) is 4.90 Å². The molecule has 4 amide bonds. The first-order valence-corrected chi connectivity index (χ1v) is 11.6. The molecule has 0 aliphatic carbocycles. The number of hydrogen-bond acceptors (Lipinski definition) is 8. The molecule has 0 bridgehead atoms. The summed E-state index contributed by atoms with van der Waals surface area (Å²) in [6, 6.07) is -4.44. The number of rotatable bonds is 16. The highest BCUT2D eigenvalue weighted by Gasteiger charge is 2.38. The van der Waals surface area contributed by atoms with E-state index in [0.29, 0.717) is 32.2 Å². The van der Waals surface area contributed by atoms with Gasteiger partial charge < -0.3 is 42.9 Å². The Balaban J connectivity index is 2.89. The number of hydrogen-bond donors (Lipinski definition) is 7. The van der Waals surface area contributed by atoms with Crippen LogP contribution < -0.4 is 27.8 Å². The molecule has 4 unspecified atom stereocenters. The fraction of sp³-hybridized carbons (Fsp3) is 0.714. The molecule has 0 radical (unpaired) electrons. The summed E-state index contributed by atoms with van der Waals surface area (Å²) in [7, 11) is 0. The molecule has 0 saturated carbocycles. The molecule has 198 valence electrons. The number of aliphatic carboxylic acids is 2. The van der Waals surface area contributed by atoms with E-state index in [4.69, 9.17) is 22.3 Å². The second-order valence-electron chi connectivity index (χ2n) is 8.48. The van der Waals surface area contributed by atoms with Crippen molar-refractivity contribution in [3.63, 3.8) is 0 Å². The predicted molar refractivity (Wildman–Crippen MR) is 122 cm³/mol. The molecule has 0 aromatic carbocycles. The topological polar surface area (TPSA) is 248 Å². The lowest BCUT2D eigenvalue weighted by Crippen LogP contribution is -2.56. The summed E-state index contributed by atoms with van der Waals surface area (Å²) < 4.78 is 0. The molecule has 0 spiro atoms. The number of likely N-dealkylation sites (tertiary alicyclic amines) is 1. The first-order chi connectivity index (χ1) is 16.5. The SMILES string of the molecule is NCCCCC(NC(=O)C1CCCN1C(=O)C(N)CCC(=O)O)C(=O)NC(CCC(N)=O)C(=O)O. The van der Waals surface area contributed by atoms with Crippen LogP contribution >= 0.6 is 0 Å². The summed E-state index contributed by atoms with van der Waals surface area (Å²) in [4.78, 5) is 73.0. The van der Waals surface area contributed by atoms with Crippen LogP contribution in [-0.4, -0.2) is 87.9 Å². The smallest absolute Gasteiger partial charge is 0.326 e. The van der Waals surface area contributed by atoms with Crippen molar-refractivity contribution in [2.24, 2.45) is 17.2 Å². The average molecular weight is 501 g/mol. The van der Waals surface area contributed by atoms with Crippen LogP contribution in [0.1, 0.15) is 57.8 Å². The summed E-state index contributed by atoms with van der Waals surface area (Å²) in [6.07, 6.45) is 1.24. The van der Waals surface area contributed by atoms with E-state index in [1.807, 2.05) is 0 Å². The third kappa shape index (κ3) is 10.3.